The van der Waals surface area contributed by atoms with E-state index >= 15 is 0 Å². The maximum absolute atomic E-state index is 4.92. The summed E-state index contributed by atoms with van der Waals surface area (Å²) >= 11 is 1.76. The van der Waals surface area contributed by atoms with Crippen LogP contribution in [0.4, 0.5) is 17.5 Å². The monoisotopic (exact) mass is 362 g/mol. The Bertz CT molecular complexity index is 985. The summed E-state index contributed by atoms with van der Waals surface area (Å²) in [5, 5.41) is 6.78. The van der Waals surface area contributed by atoms with Crippen LogP contribution in [0.5, 0.6) is 0 Å². The Morgan fingerprint density at radius 3 is 2.96 bits per heavy atom. The van der Waals surface area contributed by atoms with Crippen LogP contribution in [0, 0.1) is 0 Å². The Morgan fingerprint density at radius 1 is 1.19 bits per heavy atom. The van der Waals surface area contributed by atoms with Crippen molar-refractivity contribution >= 4 is 44.4 Å². The number of fused-ring (bicyclic) bond motifs is 2. The molecule has 4 nitrogen and oxygen atoms in total. The quantitative estimate of drug-likeness (QED) is 0.658. The highest BCUT2D eigenvalue weighted by molar-refractivity contribution is 7.17. The molecule has 1 aliphatic carbocycles. The summed E-state index contributed by atoms with van der Waals surface area (Å²) in [6.07, 6.45) is 9.48. The predicted molar refractivity (Wildman–Crippen MR) is 110 cm³/mol. The summed E-state index contributed by atoms with van der Waals surface area (Å²) in [6, 6.07) is 9.17. The molecule has 3 heterocycles. The smallest absolute Gasteiger partial charge is 0.229 e. The molecule has 0 amide bonds. The Hall–Kier alpha value is -2.40. The normalized spacial score (nSPS) is 17.4. The van der Waals surface area contributed by atoms with Gasteiger partial charge >= 0.3 is 0 Å². The van der Waals surface area contributed by atoms with Crippen LogP contribution in [0.15, 0.2) is 41.9 Å². The second kappa shape index (κ2) is 6.40. The number of allylic oxidation sites excluding steroid dienone is 1. The largest absolute Gasteiger partial charge is 0.349 e. The molecular weight excluding hydrogens is 340 g/mol. The van der Waals surface area contributed by atoms with Crippen molar-refractivity contribution in [2.24, 2.45) is 0 Å². The first kappa shape index (κ1) is 15.8. The van der Waals surface area contributed by atoms with Crippen LogP contribution >= 0.6 is 11.3 Å². The molecule has 1 aliphatic heterocycles. The molecule has 1 saturated carbocycles. The average Bonchev–Trinajstić information content (AvgIpc) is 3.33. The highest BCUT2D eigenvalue weighted by Gasteiger charge is 2.28. The second-order valence-electron chi connectivity index (χ2n) is 7.21. The van der Waals surface area contributed by atoms with E-state index in [1.807, 2.05) is 6.20 Å². The number of thiophene rings is 1. The molecule has 1 fully saturated rings. The molecule has 2 aliphatic rings. The van der Waals surface area contributed by atoms with Gasteiger partial charge in [0.1, 0.15) is 5.82 Å². The van der Waals surface area contributed by atoms with E-state index in [1.165, 1.54) is 46.9 Å². The Balaban J connectivity index is 1.48. The second-order valence-corrected chi connectivity index (χ2v) is 8.15. The van der Waals surface area contributed by atoms with Crippen LogP contribution in [-0.2, 0) is 0 Å². The van der Waals surface area contributed by atoms with Gasteiger partial charge in [-0.15, -0.1) is 11.3 Å². The summed E-state index contributed by atoms with van der Waals surface area (Å²) < 4.78 is 1.30. The average molecular weight is 363 g/mol. The third kappa shape index (κ3) is 2.76. The fraction of sp³-hybridized carbons (Fsp3) is 0.333. The standard InChI is InChI=1S/C21H22N4S/c1-14-8-10-25(17-4-2-3-5-17)20-18(14)13-22-21(24-20)23-16-6-7-19-15(12-16)9-11-26-19/h6-9,11-13,17H,2-5,10H2,1H3,(H,22,23,24). The van der Waals surface area contributed by atoms with Crippen LogP contribution in [0.1, 0.15) is 38.2 Å². The summed E-state index contributed by atoms with van der Waals surface area (Å²) in [4.78, 5) is 12.0. The Morgan fingerprint density at radius 2 is 2.08 bits per heavy atom. The van der Waals surface area contributed by atoms with Crippen molar-refractivity contribution in [3.05, 3.63) is 47.5 Å². The number of nitrogens with zero attached hydrogens (tertiary/aromatic N) is 3. The molecule has 5 heteroatoms. The molecule has 0 atom stereocenters. The topological polar surface area (TPSA) is 41.1 Å². The minimum atomic E-state index is 0.614. The molecule has 1 aromatic carbocycles. The Labute approximate surface area is 157 Å². The van der Waals surface area contributed by atoms with Crippen LogP contribution in [-0.4, -0.2) is 22.6 Å². The third-order valence-electron chi connectivity index (χ3n) is 5.53. The molecular formula is C21H22N4S. The van der Waals surface area contributed by atoms with Crippen LogP contribution in [0.3, 0.4) is 0 Å². The van der Waals surface area contributed by atoms with Gasteiger partial charge in [-0.3, -0.25) is 0 Å². The zero-order valence-corrected chi connectivity index (χ0v) is 15.7. The van der Waals surface area contributed by atoms with Crippen molar-refractivity contribution in [1.29, 1.82) is 0 Å². The van der Waals surface area contributed by atoms with E-state index in [2.05, 4.69) is 57.8 Å². The number of rotatable bonds is 3. The lowest BCUT2D eigenvalue weighted by atomic mass is 10.0. The lowest BCUT2D eigenvalue weighted by molar-refractivity contribution is 0.621. The first-order chi connectivity index (χ1) is 12.8. The van der Waals surface area contributed by atoms with Gasteiger partial charge in [-0.05, 0) is 60.4 Å². The number of hydrogen-bond acceptors (Lipinski definition) is 5. The highest BCUT2D eigenvalue weighted by atomic mass is 32.1. The summed E-state index contributed by atoms with van der Waals surface area (Å²) in [5.41, 5.74) is 3.48. The summed E-state index contributed by atoms with van der Waals surface area (Å²) in [7, 11) is 0. The van der Waals surface area contributed by atoms with Crippen LogP contribution in [0.25, 0.3) is 15.7 Å². The zero-order valence-electron chi connectivity index (χ0n) is 14.9. The van der Waals surface area contributed by atoms with Gasteiger partial charge < -0.3 is 10.2 Å². The van der Waals surface area contributed by atoms with Gasteiger partial charge in [0.2, 0.25) is 5.95 Å². The fourth-order valence-electron chi connectivity index (χ4n) is 4.07. The molecule has 3 aromatic rings. The maximum atomic E-state index is 4.92. The van der Waals surface area contributed by atoms with Crippen LogP contribution in [0.2, 0.25) is 0 Å². The van der Waals surface area contributed by atoms with Crippen molar-refractivity contribution in [3.63, 3.8) is 0 Å². The minimum absolute atomic E-state index is 0.614. The van der Waals surface area contributed by atoms with Gasteiger partial charge in [0.25, 0.3) is 0 Å². The van der Waals surface area contributed by atoms with Gasteiger partial charge in [0.05, 0.1) is 0 Å². The van der Waals surface area contributed by atoms with E-state index in [0.29, 0.717) is 12.0 Å². The molecule has 0 spiro atoms. The van der Waals surface area contributed by atoms with E-state index in [1.54, 1.807) is 11.3 Å². The molecule has 2 aromatic heterocycles. The number of nitrogens with one attached hydrogen (secondary N) is 1. The van der Waals surface area contributed by atoms with Crippen molar-refractivity contribution < 1.29 is 0 Å². The summed E-state index contributed by atoms with van der Waals surface area (Å²) in [6.45, 7) is 3.12. The van der Waals surface area contributed by atoms with E-state index < -0.39 is 0 Å². The highest BCUT2D eigenvalue weighted by Crippen LogP contribution is 2.35. The van der Waals surface area contributed by atoms with Gasteiger partial charge in [0.15, 0.2) is 0 Å². The van der Waals surface area contributed by atoms with E-state index in [-0.39, 0.29) is 0 Å². The lowest BCUT2D eigenvalue weighted by Gasteiger charge is -2.34. The molecule has 5 rings (SSSR count). The minimum Gasteiger partial charge on any atom is -0.349 e. The number of aromatic nitrogens is 2. The van der Waals surface area contributed by atoms with Crippen LogP contribution < -0.4 is 10.2 Å². The van der Waals surface area contributed by atoms with Gasteiger partial charge in [-0.2, -0.15) is 4.98 Å². The molecule has 26 heavy (non-hydrogen) atoms. The number of hydrogen-bond donors (Lipinski definition) is 1. The van der Waals surface area contributed by atoms with Crippen molar-refractivity contribution in [2.45, 2.75) is 38.6 Å². The predicted octanol–water partition coefficient (Wildman–Crippen LogP) is 5.60. The molecule has 0 bridgehead atoms. The lowest BCUT2D eigenvalue weighted by Crippen LogP contribution is -2.36. The molecule has 0 unspecified atom stereocenters. The zero-order chi connectivity index (χ0) is 17.5. The number of benzene rings is 1. The summed E-state index contributed by atoms with van der Waals surface area (Å²) in [5.74, 6) is 1.77. The maximum Gasteiger partial charge on any atom is 0.229 e. The third-order valence-corrected chi connectivity index (χ3v) is 6.43. The molecule has 0 radical (unpaired) electrons. The first-order valence-corrected chi connectivity index (χ1v) is 10.2. The van der Waals surface area contributed by atoms with Gasteiger partial charge in [0, 0.05) is 34.7 Å². The number of anilines is 3. The SMILES string of the molecule is CC1=CCN(C2CCCC2)c2nc(Nc3ccc4sccc4c3)ncc21. The van der Waals surface area contributed by atoms with E-state index in [4.69, 9.17) is 4.98 Å². The van der Waals surface area contributed by atoms with Crippen molar-refractivity contribution in [1.82, 2.24) is 9.97 Å². The van der Waals surface area contributed by atoms with E-state index in [0.717, 1.165) is 18.1 Å². The van der Waals surface area contributed by atoms with E-state index in [9.17, 15) is 0 Å². The molecule has 1 N–H and O–H groups in total. The van der Waals surface area contributed by atoms with Crippen molar-refractivity contribution in [3.8, 4) is 0 Å². The molecule has 132 valence electrons. The van der Waals surface area contributed by atoms with Gasteiger partial charge in [-0.25, -0.2) is 4.98 Å². The van der Waals surface area contributed by atoms with Crippen molar-refractivity contribution in [2.75, 3.05) is 16.8 Å². The van der Waals surface area contributed by atoms with Gasteiger partial charge in [-0.1, -0.05) is 18.9 Å². The Kier molecular flexibility index (Phi) is 3.89. The molecule has 0 saturated heterocycles. The fourth-order valence-corrected chi connectivity index (χ4v) is 4.84. The first-order valence-electron chi connectivity index (χ1n) is 9.33.